The van der Waals surface area contributed by atoms with Gasteiger partial charge < -0.3 is 0 Å². The summed E-state index contributed by atoms with van der Waals surface area (Å²) in [6.45, 7) is 4.41. The van der Waals surface area contributed by atoms with Crippen LogP contribution in [-0.2, 0) is 12.8 Å². The molecule has 3 aromatic rings. The Kier molecular flexibility index (Phi) is 3.51. The van der Waals surface area contributed by atoms with E-state index in [2.05, 4.69) is 61.3 Å². The SMILES string of the molecule is CCc1ccc(-c2c(CC)ccc3cnccc23)cc1. The fraction of sp³-hybridized carbons (Fsp3) is 0.211. The molecule has 0 aliphatic heterocycles. The maximum atomic E-state index is 4.23. The normalized spacial score (nSPS) is 10.9. The van der Waals surface area contributed by atoms with Gasteiger partial charge in [0, 0.05) is 17.8 Å². The van der Waals surface area contributed by atoms with E-state index in [1.54, 1.807) is 0 Å². The number of pyridine rings is 1. The number of nitrogens with zero attached hydrogens (tertiary/aromatic N) is 1. The molecule has 0 unspecified atom stereocenters. The number of hydrogen-bond acceptors (Lipinski definition) is 1. The van der Waals surface area contributed by atoms with Gasteiger partial charge in [0.2, 0.25) is 0 Å². The smallest absolute Gasteiger partial charge is 0.0346 e. The molecule has 0 aliphatic rings. The standard InChI is InChI=1S/C19H19N/c1-3-14-5-7-16(8-6-14)19-15(4-2)9-10-17-13-20-12-11-18(17)19/h5-13H,3-4H2,1-2H3. The topological polar surface area (TPSA) is 12.9 Å². The van der Waals surface area contributed by atoms with E-state index in [4.69, 9.17) is 0 Å². The van der Waals surface area contributed by atoms with Gasteiger partial charge in [-0.15, -0.1) is 0 Å². The van der Waals surface area contributed by atoms with Gasteiger partial charge >= 0.3 is 0 Å². The van der Waals surface area contributed by atoms with Crippen molar-refractivity contribution in [3.8, 4) is 11.1 Å². The molecule has 1 heterocycles. The van der Waals surface area contributed by atoms with Crippen LogP contribution in [0.1, 0.15) is 25.0 Å². The highest BCUT2D eigenvalue weighted by atomic mass is 14.6. The Morgan fingerprint density at radius 3 is 2.35 bits per heavy atom. The van der Waals surface area contributed by atoms with Gasteiger partial charge in [-0.2, -0.15) is 0 Å². The van der Waals surface area contributed by atoms with Crippen molar-refractivity contribution in [3.63, 3.8) is 0 Å². The lowest BCUT2D eigenvalue weighted by molar-refractivity contribution is 1.13. The maximum absolute atomic E-state index is 4.23. The van der Waals surface area contributed by atoms with Crippen LogP contribution in [0, 0.1) is 0 Å². The molecule has 0 amide bonds. The van der Waals surface area contributed by atoms with Gasteiger partial charge in [0.1, 0.15) is 0 Å². The number of fused-ring (bicyclic) bond motifs is 1. The van der Waals surface area contributed by atoms with E-state index in [1.165, 1.54) is 33.0 Å². The van der Waals surface area contributed by atoms with Crippen LogP contribution in [0.2, 0.25) is 0 Å². The van der Waals surface area contributed by atoms with Crippen molar-refractivity contribution in [3.05, 3.63) is 66.0 Å². The Balaban J connectivity index is 2.26. The average Bonchev–Trinajstić information content (AvgIpc) is 2.54. The number of hydrogen-bond donors (Lipinski definition) is 0. The zero-order valence-corrected chi connectivity index (χ0v) is 12.1. The second kappa shape index (κ2) is 5.46. The number of rotatable bonds is 3. The van der Waals surface area contributed by atoms with E-state index in [-0.39, 0.29) is 0 Å². The van der Waals surface area contributed by atoms with Gasteiger partial charge in [0.15, 0.2) is 0 Å². The van der Waals surface area contributed by atoms with Crippen molar-refractivity contribution in [1.29, 1.82) is 0 Å². The summed E-state index contributed by atoms with van der Waals surface area (Å²) in [5.74, 6) is 0. The summed E-state index contributed by atoms with van der Waals surface area (Å²) >= 11 is 0. The third kappa shape index (κ3) is 2.20. The van der Waals surface area contributed by atoms with Gasteiger partial charge in [-0.3, -0.25) is 4.98 Å². The first-order valence-electron chi connectivity index (χ1n) is 7.28. The highest BCUT2D eigenvalue weighted by molar-refractivity contribution is 5.97. The summed E-state index contributed by atoms with van der Waals surface area (Å²) in [6, 6.07) is 15.5. The van der Waals surface area contributed by atoms with Crippen LogP contribution in [-0.4, -0.2) is 4.98 Å². The van der Waals surface area contributed by atoms with Crippen molar-refractivity contribution in [1.82, 2.24) is 4.98 Å². The minimum absolute atomic E-state index is 1.04. The molecule has 0 N–H and O–H groups in total. The quantitative estimate of drug-likeness (QED) is 0.644. The van der Waals surface area contributed by atoms with Crippen molar-refractivity contribution in [2.75, 3.05) is 0 Å². The summed E-state index contributed by atoms with van der Waals surface area (Å²) in [7, 11) is 0. The molecule has 1 nitrogen and oxygen atoms in total. The van der Waals surface area contributed by atoms with Crippen molar-refractivity contribution >= 4 is 10.8 Å². The fourth-order valence-electron chi connectivity index (χ4n) is 2.76. The highest BCUT2D eigenvalue weighted by Gasteiger charge is 2.08. The van der Waals surface area contributed by atoms with Gasteiger partial charge in [-0.05, 0) is 46.5 Å². The molecule has 0 spiro atoms. The lowest BCUT2D eigenvalue weighted by atomic mass is 9.92. The van der Waals surface area contributed by atoms with Gasteiger partial charge in [-0.1, -0.05) is 50.2 Å². The highest BCUT2D eigenvalue weighted by Crippen LogP contribution is 2.32. The molecule has 0 bridgehead atoms. The summed E-state index contributed by atoms with van der Waals surface area (Å²) in [5.41, 5.74) is 5.44. The van der Waals surface area contributed by atoms with Crippen LogP contribution < -0.4 is 0 Å². The van der Waals surface area contributed by atoms with Gasteiger partial charge in [-0.25, -0.2) is 0 Å². The van der Waals surface area contributed by atoms with E-state index >= 15 is 0 Å². The van der Waals surface area contributed by atoms with Gasteiger partial charge in [0.25, 0.3) is 0 Å². The van der Waals surface area contributed by atoms with Crippen LogP contribution in [0.5, 0.6) is 0 Å². The molecule has 100 valence electrons. The van der Waals surface area contributed by atoms with Crippen LogP contribution in [0.25, 0.3) is 21.9 Å². The Hall–Kier alpha value is -2.15. The molecule has 1 heteroatoms. The Morgan fingerprint density at radius 1 is 0.850 bits per heavy atom. The first-order chi connectivity index (χ1) is 9.83. The van der Waals surface area contributed by atoms with E-state index in [9.17, 15) is 0 Å². The number of aryl methyl sites for hydroxylation is 2. The molecule has 0 fully saturated rings. The average molecular weight is 261 g/mol. The molecule has 0 saturated heterocycles. The molecule has 0 atom stereocenters. The minimum atomic E-state index is 1.04. The largest absolute Gasteiger partial charge is 0.264 e. The molecule has 2 aromatic carbocycles. The second-order valence-corrected chi connectivity index (χ2v) is 5.10. The molecular weight excluding hydrogens is 242 g/mol. The zero-order valence-electron chi connectivity index (χ0n) is 12.1. The second-order valence-electron chi connectivity index (χ2n) is 5.10. The predicted molar refractivity (Wildman–Crippen MR) is 85.9 cm³/mol. The first kappa shape index (κ1) is 12.9. The third-order valence-electron chi connectivity index (χ3n) is 3.94. The molecule has 3 rings (SSSR count). The molecule has 0 aliphatic carbocycles. The summed E-state index contributed by atoms with van der Waals surface area (Å²) < 4.78 is 0. The summed E-state index contributed by atoms with van der Waals surface area (Å²) in [4.78, 5) is 4.23. The third-order valence-corrected chi connectivity index (χ3v) is 3.94. The Bertz CT molecular complexity index is 726. The molecule has 0 radical (unpaired) electrons. The van der Waals surface area contributed by atoms with Crippen molar-refractivity contribution < 1.29 is 0 Å². The Morgan fingerprint density at radius 2 is 1.65 bits per heavy atom. The van der Waals surface area contributed by atoms with E-state index in [0.29, 0.717) is 0 Å². The van der Waals surface area contributed by atoms with Crippen LogP contribution >= 0.6 is 0 Å². The maximum Gasteiger partial charge on any atom is 0.0346 e. The molecule has 1 aromatic heterocycles. The van der Waals surface area contributed by atoms with Crippen LogP contribution in [0.4, 0.5) is 0 Å². The predicted octanol–water partition coefficient (Wildman–Crippen LogP) is 5.03. The number of aromatic nitrogens is 1. The van der Waals surface area contributed by atoms with Crippen LogP contribution in [0.15, 0.2) is 54.9 Å². The monoisotopic (exact) mass is 261 g/mol. The first-order valence-corrected chi connectivity index (χ1v) is 7.28. The summed E-state index contributed by atoms with van der Waals surface area (Å²) in [5, 5.41) is 2.50. The summed E-state index contributed by atoms with van der Waals surface area (Å²) in [6.07, 6.45) is 5.95. The minimum Gasteiger partial charge on any atom is -0.264 e. The van der Waals surface area contributed by atoms with Crippen molar-refractivity contribution in [2.45, 2.75) is 26.7 Å². The molecule has 20 heavy (non-hydrogen) atoms. The zero-order chi connectivity index (χ0) is 13.9. The number of benzene rings is 2. The lowest BCUT2D eigenvalue weighted by Crippen LogP contribution is -1.91. The van der Waals surface area contributed by atoms with Gasteiger partial charge in [0.05, 0.1) is 0 Å². The van der Waals surface area contributed by atoms with E-state index in [1.807, 2.05) is 12.4 Å². The fourth-order valence-corrected chi connectivity index (χ4v) is 2.76. The molecule has 0 saturated carbocycles. The van der Waals surface area contributed by atoms with Crippen LogP contribution in [0.3, 0.4) is 0 Å². The van der Waals surface area contributed by atoms with E-state index in [0.717, 1.165) is 12.8 Å². The Labute approximate surface area is 120 Å². The lowest BCUT2D eigenvalue weighted by Gasteiger charge is -2.12. The molecular formula is C19H19N. The van der Waals surface area contributed by atoms with E-state index < -0.39 is 0 Å². The van der Waals surface area contributed by atoms with Crippen molar-refractivity contribution in [2.24, 2.45) is 0 Å².